The Hall–Kier alpha value is -0.940. The first-order valence-corrected chi connectivity index (χ1v) is 10.6. The summed E-state index contributed by atoms with van der Waals surface area (Å²) >= 11 is 0. The molecule has 1 rings (SSSR count). The van der Waals surface area contributed by atoms with E-state index in [1.807, 2.05) is 0 Å². The van der Waals surface area contributed by atoms with Gasteiger partial charge in [0.05, 0.1) is 6.26 Å². The molecular weight excluding hydrogens is 310 g/mol. The van der Waals surface area contributed by atoms with E-state index in [9.17, 15) is 8.42 Å². The van der Waals surface area contributed by atoms with Gasteiger partial charge in [-0.1, -0.05) is 52.4 Å². The number of rotatable bonds is 10. The lowest BCUT2D eigenvalue weighted by Gasteiger charge is -2.00. The minimum absolute atomic E-state index is 0.715. The van der Waals surface area contributed by atoms with Crippen molar-refractivity contribution in [1.29, 1.82) is 0 Å². The van der Waals surface area contributed by atoms with Crippen molar-refractivity contribution in [1.82, 2.24) is 0 Å². The Morgan fingerprint density at radius 2 is 1.35 bits per heavy atom. The summed E-state index contributed by atoms with van der Waals surface area (Å²) in [7, 11) is -3.67. The van der Waals surface area contributed by atoms with Crippen molar-refractivity contribution in [2.75, 3.05) is 6.26 Å². The number of aromatic nitrogens is 1. The van der Waals surface area contributed by atoms with Crippen molar-refractivity contribution in [2.24, 2.45) is 0 Å². The highest BCUT2D eigenvalue weighted by Crippen LogP contribution is 2.08. The second-order valence-electron chi connectivity index (χ2n) is 6.01. The molecule has 0 fully saturated rings. The second kappa shape index (κ2) is 13.5. The molecule has 0 unspecified atom stereocenters. The fraction of sp³-hybridized carbons (Fsp3) is 0.722. The molecule has 1 N–H and O–H groups in total. The zero-order valence-electron chi connectivity index (χ0n) is 15.0. The van der Waals surface area contributed by atoms with E-state index < -0.39 is 10.1 Å². The van der Waals surface area contributed by atoms with Gasteiger partial charge in [-0.05, 0) is 18.4 Å². The maximum absolute atomic E-state index is 9.19. The monoisotopic (exact) mass is 344 g/mol. The first kappa shape index (κ1) is 22.1. The van der Waals surface area contributed by atoms with E-state index in [0.29, 0.717) is 6.26 Å². The van der Waals surface area contributed by atoms with Crippen LogP contribution in [0, 0.1) is 0 Å². The lowest BCUT2D eigenvalue weighted by atomic mass is 10.1. The third-order valence-electron chi connectivity index (χ3n) is 3.64. The van der Waals surface area contributed by atoms with Crippen LogP contribution in [-0.2, 0) is 23.1 Å². The number of hydrogen-bond acceptors (Lipinski definition) is 2. The molecule has 0 atom stereocenters. The molecule has 0 aliphatic carbocycles. The van der Waals surface area contributed by atoms with Gasteiger partial charge in [-0.15, -0.1) is 0 Å². The summed E-state index contributed by atoms with van der Waals surface area (Å²) in [5, 5.41) is 0. The van der Waals surface area contributed by atoms with E-state index in [2.05, 4.69) is 42.9 Å². The normalized spacial score (nSPS) is 11.0. The van der Waals surface area contributed by atoms with Crippen LogP contribution in [0.25, 0.3) is 0 Å². The van der Waals surface area contributed by atoms with E-state index in [-0.39, 0.29) is 0 Å². The van der Waals surface area contributed by atoms with Gasteiger partial charge in [-0.25, -0.2) is 4.57 Å². The minimum atomic E-state index is -3.67. The molecule has 1 aromatic heterocycles. The molecule has 134 valence electrons. The summed E-state index contributed by atoms with van der Waals surface area (Å²) in [6, 6.07) is 4.48. The van der Waals surface area contributed by atoms with Gasteiger partial charge in [0, 0.05) is 18.6 Å². The van der Waals surface area contributed by atoms with Crippen LogP contribution in [0.1, 0.15) is 70.8 Å². The Labute approximate surface area is 142 Å². The smallest absolute Gasteiger partial charge is 0.261 e. The van der Waals surface area contributed by atoms with E-state index in [4.69, 9.17) is 4.55 Å². The molecule has 0 aliphatic rings. The van der Waals surface area contributed by atoms with Crippen LogP contribution in [0.3, 0.4) is 0 Å². The molecule has 0 saturated heterocycles. The van der Waals surface area contributed by atoms with Gasteiger partial charge >= 0.3 is 0 Å². The molecule has 23 heavy (non-hydrogen) atoms. The van der Waals surface area contributed by atoms with Crippen molar-refractivity contribution in [2.45, 2.75) is 78.2 Å². The van der Waals surface area contributed by atoms with Gasteiger partial charge in [0.15, 0.2) is 12.4 Å². The minimum Gasteiger partial charge on any atom is -0.286 e. The number of unbranched alkanes of at least 4 members (excludes halogenated alkanes) is 7. The van der Waals surface area contributed by atoms with Crippen molar-refractivity contribution in [3.63, 3.8) is 0 Å². The Kier molecular flexibility index (Phi) is 12.9. The van der Waals surface area contributed by atoms with Gasteiger partial charge < -0.3 is 0 Å². The molecule has 0 radical (unpaired) electrons. The van der Waals surface area contributed by atoms with E-state index >= 15 is 0 Å². The van der Waals surface area contributed by atoms with Crippen LogP contribution < -0.4 is 4.57 Å². The Balaban J connectivity index is 0.000000841. The Bertz CT molecular complexity index is 475. The first-order valence-electron chi connectivity index (χ1n) is 8.77. The number of pyridine rings is 1. The number of hydrogen-bond donors (Lipinski definition) is 1. The highest BCUT2D eigenvalue weighted by atomic mass is 32.2. The van der Waals surface area contributed by atoms with E-state index in [1.54, 1.807) is 0 Å². The van der Waals surface area contributed by atoms with Crippen LogP contribution in [-0.4, -0.2) is 19.2 Å². The standard InChI is InChI=1S/C17H30N.CH4O3S/c1-3-5-6-7-8-9-10-11-14-18-15-12-17(4-2)13-16-18;1-5(2,3)4/h12-13,15-16H,3-11,14H2,1-2H3;1H3,(H,2,3,4)/q+1;. The summed E-state index contributed by atoms with van der Waals surface area (Å²) in [6.45, 7) is 5.66. The van der Waals surface area contributed by atoms with E-state index in [0.717, 1.165) is 6.42 Å². The van der Waals surface area contributed by atoms with Crippen molar-refractivity contribution >= 4 is 10.1 Å². The lowest BCUT2D eigenvalue weighted by Crippen LogP contribution is -2.32. The quantitative estimate of drug-likeness (QED) is 0.393. The molecule has 0 aliphatic heterocycles. The van der Waals surface area contributed by atoms with Gasteiger partial charge in [0.2, 0.25) is 0 Å². The predicted octanol–water partition coefficient (Wildman–Crippen LogP) is 4.18. The van der Waals surface area contributed by atoms with Gasteiger partial charge in [-0.2, -0.15) is 8.42 Å². The summed E-state index contributed by atoms with van der Waals surface area (Å²) in [6.07, 6.45) is 17.5. The molecule has 4 nitrogen and oxygen atoms in total. The molecule has 0 spiro atoms. The highest BCUT2D eigenvalue weighted by molar-refractivity contribution is 7.85. The first-order chi connectivity index (χ1) is 10.9. The SMILES string of the molecule is CCCCCCCCCC[n+]1ccc(CC)cc1.CS(=O)(=O)O. The summed E-state index contributed by atoms with van der Waals surface area (Å²) in [5.41, 5.74) is 1.43. The van der Waals surface area contributed by atoms with Crippen molar-refractivity contribution < 1.29 is 17.5 Å². The Morgan fingerprint density at radius 3 is 1.78 bits per heavy atom. The fourth-order valence-corrected chi connectivity index (χ4v) is 2.30. The van der Waals surface area contributed by atoms with Gasteiger partial charge in [0.25, 0.3) is 10.1 Å². The van der Waals surface area contributed by atoms with Crippen LogP contribution in [0.15, 0.2) is 24.5 Å². The largest absolute Gasteiger partial charge is 0.286 e. The summed E-state index contributed by atoms with van der Waals surface area (Å²) in [4.78, 5) is 0. The second-order valence-corrected chi connectivity index (χ2v) is 7.47. The highest BCUT2D eigenvalue weighted by Gasteiger charge is 1.99. The fourth-order valence-electron chi connectivity index (χ4n) is 2.30. The van der Waals surface area contributed by atoms with Crippen molar-refractivity contribution in [3.8, 4) is 0 Å². The van der Waals surface area contributed by atoms with Crippen LogP contribution in [0.4, 0.5) is 0 Å². The predicted molar refractivity (Wildman–Crippen MR) is 96.1 cm³/mol. The van der Waals surface area contributed by atoms with Crippen LogP contribution in [0.5, 0.6) is 0 Å². The maximum atomic E-state index is 9.19. The van der Waals surface area contributed by atoms with Gasteiger partial charge in [0.1, 0.15) is 6.54 Å². The number of nitrogens with zero attached hydrogens (tertiary/aromatic N) is 1. The molecule has 0 aromatic carbocycles. The Morgan fingerprint density at radius 1 is 0.913 bits per heavy atom. The van der Waals surface area contributed by atoms with Crippen LogP contribution in [0.2, 0.25) is 0 Å². The average Bonchev–Trinajstić information content (AvgIpc) is 2.49. The van der Waals surface area contributed by atoms with Gasteiger partial charge in [-0.3, -0.25) is 4.55 Å². The lowest BCUT2D eigenvalue weighted by molar-refractivity contribution is -0.697. The summed E-state index contributed by atoms with van der Waals surface area (Å²) < 4.78 is 28.2. The molecule has 1 aromatic rings. The topological polar surface area (TPSA) is 58.2 Å². The zero-order valence-corrected chi connectivity index (χ0v) is 15.8. The molecule has 1 heterocycles. The van der Waals surface area contributed by atoms with E-state index in [1.165, 1.54) is 63.5 Å². The molecule has 0 bridgehead atoms. The summed E-state index contributed by atoms with van der Waals surface area (Å²) in [5.74, 6) is 0. The molecule has 0 saturated carbocycles. The third kappa shape index (κ3) is 17.2. The molecular formula is C18H34NO3S+. The maximum Gasteiger partial charge on any atom is 0.261 e. The van der Waals surface area contributed by atoms with Crippen molar-refractivity contribution in [3.05, 3.63) is 30.1 Å². The third-order valence-corrected chi connectivity index (χ3v) is 3.64. The zero-order chi connectivity index (χ0) is 17.6. The molecule has 5 heteroatoms. The number of aryl methyl sites for hydroxylation is 2. The molecule has 0 amide bonds. The van der Waals surface area contributed by atoms with Crippen LogP contribution >= 0.6 is 0 Å². The average molecular weight is 345 g/mol.